The number of unbranched alkanes of at least 4 members (excludes halogenated alkanes) is 19. The molecule has 0 aliphatic carbocycles. The fraction of sp³-hybridized carbons (Fsp3) is 0.921. The van der Waals surface area contributed by atoms with Gasteiger partial charge in [0.1, 0.15) is 6.10 Å². The Morgan fingerprint density at radius 3 is 1.54 bits per heavy atom. The van der Waals surface area contributed by atoms with E-state index < -0.39 is 0 Å². The molecule has 8 heteroatoms. The van der Waals surface area contributed by atoms with Crippen molar-refractivity contribution in [2.45, 2.75) is 207 Å². The standard InChI is InChI=1S/C38H76N6O2/c1-4-7-10-13-17-22-28-35(29-23-18-14-11-8-5-2)46-36(45)30-24-19-16-21-26-32-43(31-25-20-15-12-9-6-3)33-27-34-44-38(40)41-37(39)42-44/h35H,4-34H2,1-3H3,(H4,39,40,41,42). The van der Waals surface area contributed by atoms with E-state index in [-0.39, 0.29) is 18.0 Å². The van der Waals surface area contributed by atoms with E-state index in [1.807, 2.05) is 0 Å². The molecular weight excluding hydrogens is 572 g/mol. The van der Waals surface area contributed by atoms with Crippen LogP contribution >= 0.6 is 0 Å². The van der Waals surface area contributed by atoms with Crippen molar-refractivity contribution < 1.29 is 9.53 Å². The van der Waals surface area contributed by atoms with Gasteiger partial charge in [-0.05, 0) is 71.0 Å². The molecule has 0 amide bonds. The average molecular weight is 649 g/mol. The van der Waals surface area contributed by atoms with Crippen molar-refractivity contribution in [3.8, 4) is 0 Å². The van der Waals surface area contributed by atoms with Crippen molar-refractivity contribution in [1.29, 1.82) is 0 Å². The van der Waals surface area contributed by atoms with E-state index >= 15 is 0 Å². The lowest BCUT2D eigenvalue weighted by Gasteiger charge is -2.22. The normalized spacial score (nSPS) is 11.7. The van der Waals surface area contributed by atoms with Crippen LogP contribution in [0.2, 0.25) is 0 Å². The minimum absolute atomic E-state index is 0.0295. The second-order valence-electron chi connectivity index (χ2n) is 13.8. The first-order valence-electron chi connectivity index (χ1n) is 19.9. The lowest BCUT2D eigenvalue weighted by Crippen LogP contribution is -2.28. The number of nitrogens with two attached hydrogens (primary N) is 2. The van der Waals surface area contributed by atoms with E-state index in [9.17, 15) is 4.79 Å². The Kier molecular flexibility index (Phi) is 28.0. The summed E-state index contributed by atoms with van der Waals surface area (Å²) in [5, 5.41) is 4.20. The van der Waals surface area contributed by atoms with E-state index in [0.717, 1.165) is 58.3 Å². The molecule has 0 saturated carbocycles. The third-order valence-corrected chi connectivity index (χ3v) is 9.30. The molecule has 0 bridgehead atoms. The third kappa shape index (κ3) is 24.4. The number of carbonyl (C=O) groups excluding carboxylic acids is 1. The smallest absolute Gasteiger partial charge is 0.306 e. The second-order valence-corrected chi connectivity index (χ2v) is 13.8. The summed E-state index contributed by atoms with van der Waals surface area (Å²) in [6.45, 7) is 10.9. The molecule has 1 aromatic rings. The number of esters is 1. The minimum atomic E-state index is 0.0295. The Balaban J connectivity index is 2.31. The first-order chi connectivity index (χ1) is 22.5. The molecule has 8 nitrogen and oxygen atoms in total. The molecule has 0 atom stereocenters. The van der Waals surface area contributed by atoms with Crippen LogP contribution in [0.15, 0.2) is 0 Å². The Hall–Kier alpha value is -1.83. The number of aryl methyl sites for hydroxylation is 1. The lowest BCUT2D eigenvalue weighted by atomic mass is 10.0. The zero-order chi connectivity index (χ0) is 33.5. The summed E-state index contributed by atoms with van der Waals surface area (Å²) in [5.74, 6) is 0.674. The topological polar surface area (TPSA) is 112 Å². The van der Waals surface area contributed by atoms with Gasteiger partial charge >= 0.3 is 5.97 Å². The zero-order valence-corrected chi connectivity index (χ0v) is 30.8. The van der Waals surface area contributed by atoms with E-state index in [1.165, 1.54) is 135 Å². The Morgan fingerprint density at radius 1 is 0.630 bits per heavy atom. The fourth-order valence-electron chi connectivity index (χ4n) is 6.38. The molecule has 270 valence electrons. The molecule has 0 spiro atoms. The molecule has 0 unspecified atom stereocenters. The summed E-state index contributed by atoms with van der Waals surface area (Å²) in [4.78, 5) is 19.4. The molecule has 1 rings (SSSR count). The zero-order valence-electron chi connectivity index (χ0n) is 30.8. The van der Waals surface area contributed by atoms with Gasteiger partial charge in [0.05, 0.1) is 0 Å². The van der Waals surface area contributed by atoms with Gasteiger partial charge in [0.2, 0.25) is 11.9 Å². The maximum absolute atomic E-state index is 12.7. The first kappa shape index (κ1) is 42.2. The number of ether oxygens (including phenoxy) is 1. The molecule has 0 aliphatic heterocycles. The van der Waals surface area contributed by atoms with Crippen molar-refractivity contribution in [3.63, 3.8) is 0 Å². The number of aromatic nitrogens is 3. The van der Waals surface area contributed by atoms with E-state index in [0.29, 0.717) is 12.4 Å². The maximum Gasteiger partial charge on any atom is 0.306 e. The highest BCUT2D eigenvalue weighted by atomic mass is 16.5. The number of nitrogen functional groups attached to an aromatic ring is 2. The van der Waals surface area contributed by atoms with Crippen LogP contribution in [-0.4, -0.2) is 51.4 Å². The van der Waals surface area contributed by atoms with E-state index in [4.69, 9.17) is 16.2 Å². The highest BCUT2D eigenvalue weighted by Crippen LogP contribution is 2.18. The van der Waals surface area contributed by atoms with Gasteiger partial charge in [-0.3, -0.25) is 4.79 Å². The van der Waals surface area contributed by atoms with Gasteiger partial charge in [0.15, 0.2) is 0 Å². The molecule has 1 aromatic heterocycles. The third-order valence-electron chi connectivity index (χ3n) is 9.30. The largest absolute Gasteiger partial charge is 0.462 e. The number of hydrogen-bond acceptors (Lipinski definition) is 7. The number of carbonyl (C=O) groups is 1. The van der Waals surface area contributed by atoms with Crippen molar-refractivity contribution in [2.75, 3.05) is 31.1 Å². The summed E-state index contributed by atoms with van der Waals surface area (Å²) >= 11 is 0. The molecular formula is C38H76N6O2. The summed E-state index contributed by atoms with van der Waals surface area (Å²) in [7, 11) is 0. The van der Waals surface area contributed by atoms with Gasteiger partial charge in [0.25, 0.3) is 0 Å². The number of rotatable bonds is 34. The van der Waals surface area contributed by atoms with Gasteiger partial charge in [0, 0.05) is 13.0 Å². The summed E-state index contributed by atoms with van der Waals surface area (Å²) in [6, 6.07) is 0. The first-order valence-corrected chi connectivity index (χ1v) is 19.9. The van der Waals surface area contributed by atoms with Gasteiger partial charge in [-0.25, -0.2) is 4.68 Å². The molecule has 4 N–H and O–H groups in total. The predicted molar refractivity (Wildman–Crippen MR) is 197 cm³/mol. The second kappa shape index (κ2) is 30.5. The maximum atomic E-state index is 12.7. The van der Waals surface area contributed by atoms with Gasteiger partial charge in [-0.1, -0.05) is 136 Å². The summed E-state index contributed by atoms with van der Waals surface area (Å²) in [6.07, 6.45) is 32.9. The van der Waals surface area contributed by atoms with Crippen molar-refractivity contribution in [2.24, 2.45) is 0 Å². The predicted octanol–water partition coefficient (Wildman–Crippen LogP) is 10.2. The van der Waals surface area contributed by atoms with Crippen molar-refractivity contribution in [1.82, 2.24) is 19.7 Å². The van der Waals surface area contributed by atoms with E-state index in [1.54, 1.807) is 4.68 Å². The number of nitrogens with zero attached hydrogens (tertiary/aromatic N) is 4. The highest BCUT2D eigenvalue weighted by Gasteiger charge is 2.14. The Labute approximate surface area is 284 Å². The van der Waals surface area contributed by atoms with Crippen LogP contribution in [0.3, 0.4) is 0 Å². The molecule has 0 aromatic carbocycles. The molecule has 0 radical (unpaired) electrons. The minimum Gasteiger partial charge on any atom is -0.462 e. The van der Waals surface area contributed by atoms with Crippen LogP contribution in [0.25, 0.3) is 0 Å². The van der Waals surface area contributed by atoms with Gasteiger partial charge in [-0.2, -0.15) is 4.98 Å². The van der Waals surface area contributed by atoms with Crippen molar-refractivity contribution >= 4 is 17.9 Å². The van der Waals surface area contributed by atoms with Crippen LogP contribution in [0, 0.1) is 0 Å². The lowest BCUT2D eigenvalue weighted by molar-refractivity contribution is -0.150. The monoisotopic (exact) mass is 649 g/mol. The number of anilines is 2. The Morgan fingerprint density at radius 2 is 1.07 bits per heavy atom. The summed E-state index contributed by atoms with van der Waals surface area (Å²) < 4.78 is 7.76. The van der Waals surface area contributed by atoms with Crippen LogP contribution in [0.4, 0.5) is 11.9 Å². The Bertz CT molecular complexity index is 801. The molecule has 0 saturated heterocycles. The van der Waals surface area contributed by atoms with Crippen LogP contribution in [0.1, 0.15) is 194 Å². The van der Waals surface area contributed by atoms with Gasteiger partial charge in [-0.15, -0.1) is 5.10 Å². The van der Waals surface area contributed by atoms with Crippen molar-refractivity contribution in [3.05, 3.63) is 0 Å². The van der Waals surface area contributed by atoms with Crippen LogP contribution in [-0.2, 0) is 16.1 Å². The molecule has 1 heterocycles. The summed E-state index contributed by atoms with van der Waals surface area (Å²) in [5.41, 5.74) is 11.6. The van der Waals surface area contributed by atoms with Crippen LogP contribution in [0.5, 0.6) is 0 Å². The highest BCUT2D eigenvalue weighted by molar-refractivity contribution is 5.69. The fourth-order valence-corrected chi connectivity index (χ4v) is 6.38. The van der Waals surface area contributed by atoms with Gasteiger partial charge < -0.3 is 21.1 Å². The number of hydrogen-bond donors (Lipinski definition) is 2. The SMILES string of the molecule is CCCCCCCCC(CCCCCCCC)OC(=O)CCCCCCCN(CCCCCCCC)CCCn1nc(N)nc1N. The molecule has 0 fully saturated rings. The quantitative estimate of drug-likeness (QED) is 0.0565. The molecule has 46 heavy (non-hydrogen) atoms. The average Bonchev–Trinajstić information content (AvgIpc) is 3.37. The molecule has 0 aliphatic rings. The van der Waals surface area contributed by atoms with Crippen LogP contribution < -0.4 is 11.5 Å². The van der Waals surface area contributed by atoms with E-state index in [2.05, 4.69) is 35.8 Å².